The molecule has 0 heterocycles. The molecule has 2 atom stereocenters. The van der Waals surface area contributed by atoms with Crippen LogP contribution in [0.2, 0.25) is 5.02 Å². The molecule has 0 aromatic heterocycles. The SMILES string of the molecule is CC[C@H](C)NC(=O)[C@@H](C)N(Cc1cccc(Cl)c1)C(=O)CSCc1ccc([N+](=O)[O-])cc1. The molecule has 0 saturated carbocycles. The molecule has 1 N–H and O–H groups in total. The van der Waals surface area contributed by atoms with Crippen molar-refractivity contribution >= 4 is 40.9 Å². The molecule has 0 aliphatic carbocycles. The summed E-state index contributed by atoms with van der Waals surface area (Å²) in [4.78, 5) is 37.7. The van der Waals surface area contributed by atoms with Crippen LogP contribution in [0.1, 0.15) is 38.3 Å². The van der Waals surface area contributed by atoms with Crippen molar-refractivity contribution in [3.05, 3.63) is 74.8 Å². The lowest BCUT2D eigenvalue weighted by atomic mass is 10.1. The molecule has 0 spiro atoms. The van der Waals surface area contributed by atoms with Gasteiger partial charge in [-0.1, -0.05) is 42.8 Å². The summed E-state index contributed by atoms with van der Waals surface area (Å²) in [6, 6.07) is 12.9. The van der Waals surface area contributed by atoms with E-state index in [4.69, 9.17) is 11.6 Å². The number of non-ortho nitro benzene ring substituents is 1. The Labute approximate surface area is 197 Å². The van der Waals surface area contributed by atoms with E-state index in [1.165, 1.54) is 23.9 Å². The first-order valence-electron chi connectivity index (χ1n) is 10.4. The molecule has 2 aromatic rings. The molecule has 0 aliphatic heterocycles. The van der Waals surface area contributed by atoms with Crippen LogP contribution in [0.3, 0.4) is 0 Å². The number of carbonyl (C=O) groups is 2. The summed E-state index contributed by atoms with van der Waals surface area (Å²) in [5.41, 5.74) is 1.76. The van der Waals surface area contributed by atoms with E-state index in [-0.39, 0.29) is 35.8 Å². The molecule has 172 valence electrons. The molecule has 2 rings (SSSR count). The average molecular weight is 478 g/mol. The highest BCUT2D eigenvalue weighted by Crippen LogP contribution is 2.19. The van der Waals surface area contributed by atoms with E-state index in [1.807, 2.05) is 26.0 Å². The minimum Gasteiger partial charge on any atom is -0.352 e. The molecule has 9 heteroatoms. The van der Waals surface area contributed by atoms with Crippen LogP contribution < -0.4 is 5.32 Å². The molecule has 0 bridgehead atoms. The Hall–Kier alpha value is -2.58. The van der Waals surface area contributed by atoms with Crippen LogP contribution in [0.25, 0.3) is 0 Å². The van der Waals surface area contributed by atoms with E-state index in [9.17, 15) is 19.7 Å². The first-order chi connectivity index (χ1) is 15.2. The third-order valence-corrected chi connectivity index (χ3v) is 6.28. The van der Waals surface area contributed by atoms with Crippen molar-refractivity contribution in [2.75, 3.05) is 5.75 Å². The van der Waals surface area contributed by atoms with Crippen molar-refractivity contribution < 1.29 is 14.5 Å². The monoisotopic (exact) mass is 477 g/mol. The Morgan fingerprint density at radius 3 is 2.44 bits per heavy atom. The van der Waals surface area contributed by atoms with Crippen LogP contribution in [0, 0.1) is 10.1 Å². The van der Waals surface area contributed by atoms with E-state index < -0.39 is 11.0 Å². The summed E-state index contributed by atoms with van der Waals surface area (Å²) in [5.74, 6) is 0.347. The second-order valence-electron chi connectivity index (χ2n) is 7.56. The second kappa shape index (κ2) is 12.5. The van der Waals surface area contributed by atoms with Crippen molar-refractivity contribution in [1.82, 2.24) is 10.2 Å². The lowest BCUT2D eigenvalue weighted by molar-refractivity contribution is -0.384. The predicted molar refractivity (Wildman–Crippen MR) is 129 cm³/mol. The van der Waals surface area contributed by atoms with Gasteiger partial charge in [-0.25, -0.2) is 0 Å². The highest BCUT2D eigenvalue weighted by Gasteiger charge is 2.26. The third-order valence-electron chi connectivity index (χ3n) is 5.05. The zero-order valence-corrected chi connectivity index (χ0v) is 20.0. The van der Waals surface area contributed by atoms with E-state index >= 15 is 0 Å². The minimum atomic E-state index is -0.643. The molecule has 0 unspecified atom stereocenters. The van der Waals surface area contributed by atoms with Gasteiger partial charge in [-0.05, 0) is 43.5 Å². The number of nitrogens with zero attached hydrogens (tertiary/aromatic N) is 2. The lowest BCUT2D eigenvalue weighted by Gasteiger charge is -2.29. The van der Waals surface area contributed by atoms with Crippen molar-refractivity contribution in [2.45, 2.75) is 51.6 Å². The van der Waals surface area contributed by atoms with Gasteiger partial charge >= 0.3 is 0 Å². The van der Waals surface area contributed by atoms with Crippen molar-refractivity contribution in [3.63, 3.8) is 0 Å². The van der Waals surface area contributed by atoms with Crippen LogP contribution in [0.5, 0.6) is 0 Å². The Kier molecular flexibility index (Phi) is 9.99. The molecule has 2 aromatic carbocycles. The summed E-state index contributed by atoms with van der Waals surface area (Å²) in [6.45, 7) is 5.90. The van der Waals surface area contributed by atoms with Crippen LogP contribution >= 0.6 is 23.4 Å². The van der Waals surface area contributed by atoms with Gasteiger partial charge in [-0.2, -0.15) is 0 Å². The fourth-order valence-corrected chi connectivity index (χ4v) is 4.02. The molecule has 0 saturated heterocycles. The summed E-state index contributed by atoms with van der Waals surface area (Å²) in [5, 5.41) is 14.3. The fraction of sp³-hybridized carbons (Fsp3) is 0.391. The Bertz CT molecular complexity index is 939. The van der Waals surface area contributed by atoms with Gasteiger partial charge in [0.25, 0.3) is 5.69 Å². The summed E-state index contributed by atoms with van der Waals surface area (Å²) in [6.07, 6.45) is 0.797. The van der Waals surface area contributed by atoms with Gasteiger partial charge in [0, 0.05) is 35.5 Å². The molecule has 2 amide bonds. The van der Waals surface area contributed by atoms with Crippen molar-refractivity contribution in [3.8, 4) is 0 Å². The smallest absolute Gasteiger partial charge is 0.269 e. The van der Waals surface area contributed by atoms with Gasteiger partial charge in [0.05, 0.1) is 10.7 Å². The van der Waals surface area contributed by atoms with Gasteiger partial charge in [0.15, 0.2) is 0 Å². The normalized spacial score (nSPS) is 12.6. The summed E-state index contributed by atoms with van der Waals surface area (Å²) < 4.78 is 0. The number of thioether (sulfide) groups is 1. The third kappa shape index (κ3) is 7.84. The lowest BCUT2D eigenvalue weighted by Crippen LogP contribution is -2.50. The zero-order chi connectivity index (χ0) is 23.7. The highest BCUT2D eigenvalue weighted by molar-refractivity contribution is 7.99. The molecule has 0 aliphatic rings. The maximum atomic E-state index is 13.1. The van der Waals surface area contributed by atoms with Crippen LogP contribution in [-0.4, -0.2) is 39.5 Å². The minimum absolute atomic E-state index is 0.0181. The van der Waals surface area contributed by atoms with Crippen LogP contribution in [-0.2, 0) is 21.9 Å². The molecule has 7 nitrogen and oxygen atoms in total. The molecular weight excluding hydrogens is 450 g/mol. The number of amides is 2. The molecule has 0 radical (unpaired) electrons. The van der Waals surface area contributed by atoms with Gasteiger partial charge in [-0.15, -0.1) is 11.8 Å². The molecular formula is C23H28ClN3O4S. The first kappa shape index (κ1) is 25.7. The van der Waals surface area contributed by atoms with Gasteiger partial charge in [-0.3, -0.25) is 19.7 Å². The largest absolute Gasteiger partial charge is 0.352 e. The van der Waals surface area contributed by atoms with E-state index in [1.54, 1.807) is 36.1 Å². The molecule has 0 fully saturated rings. The van der Waals surface area contributed by atoms with Crippen LogP contribution in [0.4, 0.5) is 5.69 Å². The number of halogens is 1. The second-order valence-corrected chi connectivity index (χ2v) is 8.98. The number of carbonyl (C=O) groups excluding carboxylic acids is 2. The number of benzene rings is 2. The highest BCUT2D eigenvalue weighted by atomic mass is 35.5. The maximum absolute atomic E-state index is 13.1. The number of nitro benzene ring substituents is 1. The van der Waals surface area contributed by atoms with Crippen molar-refractivity contribution in [2.24, 2.45) is 0 Å². The number of nitrogens with one attached hydrogen (secondary N) is 1. The summed E-state index contributed by atoms with van der Waals surface area (Å²) >= 11 is 7.49. The predicted octanol–water partition coefficient (Wildman–Crippen LogP) is 4.81. The van der Waals surface area contributed by atoms with Gasteiger partial charge in [0.2, 0.25) is 11.8 Å². The van der Waals surface area contributed by atoms with Crippen molar-refractivity contribution in [1.29, 1.82) is 0 Å². The van der Waals surface area contributed by atoms with Gasteiger partial charge in [0.1, 0.15) is 6.04 Å². The number of hydrogen-bond donors (Lipinski definition) is 1. The first-order valence-corrected chi connectivity index (χ1v) is 11.9. The summed E-state index contributed by atoms with van der Waals surface area (Å²) in [7, 11) is 0. The Balaban J connectivity index is 2.06. The van der Waals surface area contributed by atoms with Crippen LogP contribution in [0.15, 0.2) is 48.5 Å². The number of rotatable bonds is 11. The topological polar surface area (TPSA) is 92.6 Å². The standard InChI is InChI=1S/C23H28ClN3O4S/c1-4-16(2)25-23(29)17(3)26(13-19-6-5-7-20(24)12-19)22(28)15-32-14-18-8-10-21(11-9-18)27(30)31/h5-12,16-17H,4,13-15H2,1-3H3,(H,25,29)/t16-,17+/m0/s1. The zero-order valence-electron chi connectivity index (χ0n) is 18.4. The Morgan fingerprint density at radius 2 is 1.84 bits per heavy atom. The maximum Gasteiger partial charge on any atom is 0.269 e. The fourth-order valence-electron chi connectivity index (χ4n) is 2.93. The number of nitro groups is 1. The van der Waals surface area contributed by atoms with E-state index in [0.717, 1.165) is 17.5 Å². The quantitative estimate of drug-likeness (QED) is 0.370. The van der Waals surface area contributed by atoms with Gasteiger partial charge < -0.3 is 10.2 Å². The van der Waals surface area contributed by atoms with E-state index in [2.05, 4.69) is 5.32 Å². The Morgan fingerprint density at radius 1 is 1.16 bits per heavy atom. The average Bonchev–Trinajstić information content (AvgIpc) is 2.77. The molecule has 32 heavy (non-hydrogen) atoms. The van der Waals surface area contributed by atoms with E-state index in [0.29, 0.717) is 10.8 Å². The number of hydrogen-bond acceptors (Lipinski definition) is 5.